The van der Waals surface area contributed by atoms with Gasteiger partial charge in [-0.2, -0.15) is 0 Å². The molecule has 7 heteroatoms. The molecule has 3 unspecified atom stereocenters. The van der Waals surface area contributed by atoms with Gasteiger partial charge in [0.1, 0.15) is 0 Å². The lowest BCUT2D eigenvalue weighted by molar-refractivity contribution is 0.0935. The first-order valence-corrected chi connectivity index (χ1v) is 9.89. The predicted octanol–water partition coefficient (Wildman–Crippen LogP) is 3.29. The molecule has 4 nitrogen and oxygen atoms in total. The van der Waals surface area contributed by atoms with Crippen LogP contribution in [0.25, 0.3) is 0 Å². The van der Waals surface area contributed by atoms with Gasteiger partial charge in [-0.05, 0) is 50.1 Å². The summed E-state index contributed by atoms with van der Waals surface area (Å²) in [4.78, 5) is 18.7. The maximum atomic E-state index is 12.4. The largest absolute Gasteiger partial charge is 0.347 e. The maximum Gasteiger partial charge on any atom is 0.261 e. The minimum atomic E-state index is 0.0616. The number of thiophene rings is 1. The summed E-state index contributed by atoms with van der Waals surface area (Å²) in [6, 6.07) is 5.31. The van der Waals surface area contributed by atoms with E-state index >= 15 is 0 Å². The first-order valence-electron chi connectivity index (χ1n) is 7.44. The maximum absolute atomic E-state index is 12.4. The number of hydrogen-bond acceptors (Lipinski definition) is 6. The predicted molar refractivity (Wildman–Crippen MR) is 91.1 cm³/mol. The van der Waals surface area contributed by atoms with Crippen LogP contribution in [0, 0.1) is 6.92 Å². The third kappa shape index (κ3) is 2.95. The summed E-state index contributed by atoms with van der Waals surface area (Å²) < 4.78 is 2.15. The van der Waals surface area contributed by atoms with Crippen LogP contribution in [-0.4, -0.2) is 29.0 Å². The van der Waals surface area contributed by atoms with Gasteiger partial charge in [0.25, 0.3) is 5.91 Å². The van der Waals surface area contributed by atoms with Crippen molar-refractivity contribution in [3.05, 3.63) is 28.1 Å². The van der Waals surface area contributed by atoms with E-state index in [0.717, 1.165) is 19.8 Å². The minimum absolute atomic E-state index is 0.0616. The van der Waals surface area contributed by atoms with E-state index in [1.807, 2.05) is 18.3 Å². The number of thiazole rings is 1. The molecule has 4 rings (SSSR count). The van der Waals surface area contributed by atoms with Crippen molar-refractivity contribution in [2.24, 2.45) is 0 Å². The van der Waals surface area contributed by atoms with E-state index in [-0.39, 0.29) is 5.91 Å². The van der Waals surface area contributed by atoms with Crippen LogP contribution in [0.4, 0.5) is 0 Å². The topological polar surface area (TPSA) is 54.0 Å². The third-order valence-corrected chi connectivity index (χ3v) is 7.41. The second-order valence-electron chi connectivity index (χ2n) is 5.82. The van der Waals surface area contributed by atoms with Gasteiger partial charge in [0.2, 0.25) is 0 Å². The molecule has 2 bridgehead atoms. The fraction of sp³-hybridized carbons (Fsp3) is 0.467. The number of amides is 1. The van der Waals surface area contributed by atoms with Gasteiger partial charge in [-0.1, -0.05) is 0 Å². The fourth-order valence-corrected chi connectivity index (χ4v) is 6.39. The Labute approximate surface area is 141 Å². The van der Waals surface area contributed by atoms with Crippen molar-refractivity contribution in [2.45, 2.75) is 52.9 Å². The lowest BCUT2D eigenvalue weighted by Gasteiger charge is -2.20. The number of nitrogens with one attached hydrogen (secondary N) is 2. The first kappa shape index (κ1) is 14.7. The molecular weight excluding hydrogens is 334 g/mol. The Morgan fingerprint density at radius 3 is 3.00 bits per heavy atom. The van der Waals surface area contributed by atoms with E-state index < -0.39 is 0 Å². The van der Waals surface area contributed by atoms with Crippen molar-refractivity contribution in [2.75, 3.05) is 0 Å². The average molecular weight is 352 g/mol. The Balaban J connectivity index is 1.39. The highest BCUT2D eigenvalue weighted by atomic mass is 32.2. The van der Waals surface area contributed by atoms with Crippen LogP contribution >= 0.6 is 34.4 Å². The SMILES string of the molecule is Cc1cnc(Sc2ccc(C(=O)NC3CC4CCC3N4)s2)s1. The smallest absolute Gasteiger partial charge is 0.261 e. The normalized spacial score (nSPS) is 26.5. The van der Waals surface area contributed by atoms with Gasteiger partial charge in [-0.15, -0.1) is 22.7 Å². The Hall–Kier alpha value is -0.890. The van der Waals surface area contributed by atoms with Crippen LogP contribution in [-0.2, 0) is 0 Å². The third-order valence-electron chi connectivity index (χ3n) is 4.21. The molecule has 2 aromatic rings. The van der Waals surface area contributed by atoms with Crippen molar-refractivity contribution < 1.29 is 4.79 Å². The molecule has 4 heterocycles. The van der Waals surface area contributed by atoms with Gasteiger partial charge in [0.05, 0.1) is 9.09 Å². The second-order valence-corrected chi connectivity index (χ2v) is 9.69. The summed E-state index contributed by atoms with van der Waals surface area (Å²) in [5.41, 5.74) is 0. The lowest BCUT2D eigenvalue weighted by atomic mass is 9.95. The Kier molecular flexibility index (Phi) is 3.98. The van der Waals surface area contributed by atoms with E-state index in [4.69, 9.17) is 0 Å². The molecular formula is C15H17N3OS3. The van der Waals surface area contributed by atoms with Crippen molar-refractivity contribution >= 4 is 40.3 Å². The number of aromatic nitrogens is 1. The van der Waals surface area contributed by atoms with Gasteiger partial charge in [-0.25, -0.2) is 4.98 Å². The first-order chi connectivity index (χ1) is 10.7. The minimum Gasteiger partial charge on any atom is -0.347 e. The fourth-order valence-electron chi connectivity index (χ4n) is 3.19. The molecule has 0 aliphatic carbocycles. The number of fused-ring (bicyclic) bond motifs is 2. The summed E-state index contributed by atoms with van der Waals surface area (Å²) in [5.74, 6) is 0.0616. The number of carbonyl (C=O) groups is 1. The molecule has 2 saturated heterocycles. The molecule has 116 valence electrons. The standard InChI is InChI=1S/C15H17N3OS3/c1-8-7-16-15(20-8)22-13-5-4-12(21-13)14(19)18-11-6-9-2-3-10(11)17-9/h4-5,7,9-11,17H,2-3,6H2,1H3,(H,18,19). The average Bonchev–Trinajstić information content (AvgIpc) is 3.24. The van der Waals surface area contributed by atoms with E-state index in [1.165, 1.54) is 17.7 Å². The Bertz CT molecular complexity index is 696. The molecule has 2 N–H and O–H groups in total. The quantitative estimate of drug-likeness (QED) is 0.887. The Morgan fingerprint density at radius 1 is 1.41 bits per heavy atom. The number of hydrogen-bond donors (Lipinski definition) is 2. The zero-order valence-corrected chi connectivity index (χ0v) is 14.6. The van der Waals surface area contributed by atoms with Crippen LogP contribution in [0.2, 0.25) is 0 Å². The summed E-state index contributed by atoms with van der Waals surface area (Å²) in [7, 11) is 0. The zero-order valence-electron chi connectivity index (χ0n) is 12.2. The molecule has 22 heavy (non-hydrogen) atoms. The van der Waals surface area contributed by atoms with Crippen LogP contribution < -0.4 is 10.6 Å². The molecule has 2 aromatic heterocycles. The Morgan fingerprint density at radius 2 is 2.32 bits per heavy atom. The zero-order chi connectivity index (χ0) is 15.1. The molecule has 2 fully saturated rings. The number of carbonyl (C=O) groups excluding carboxylic acids is 1. The van der Waals surface area contributed by atoms with Crippen molar-refractivity contribution in [3.8, 4) is 0 Å². The van der Waals surface area contributed by atoms with Crippen LogP contribution in [0.1, 0.15) is 33.8 Å². The van der Waals surface area contributed by atoms with Crippen LogP contribution in [0.15, 0.2) is 26.9 Å². The second kappa shape index (κ2) is 5.96. The summed E-state index contributed by atoms with van der Waals surface area (Å²) in [6.07, 6.45) is 5.40. The number of aryl methyl sites for hydroxylation is 1. The van der Waals surface area contributed by atoms with Gasteiger partial charge >= 0.3 is 0 Å². The molecule has 0 spiro atoms. The summed E-state index contributed by atoms with van der Waals surface area (Å²) in [6.45, 7) is 2.05. The molecule has 3 atom stereocenters. The van der Waals surface area contributed by atoms with Gasteiger partial charge < -0.3 is 10.6 Å². The van der Waals surface area contributed by atoms with Gasteiger partial charge in [0, 0.05) is 29.2 Å². The van der Waals surface area contributed by atoms with Gasteiger partial charge in [0.15, 0.2) is 4.34 Å². The molecule has 0 aromatic carbocycles. The highest BCUT2D eigenvalue weighted by Gasteiger charge is 2.39. The van der Waals surface area contributed by atoms with E-state index in [2.05, 4.69) is 22.5 Å². The lowest BCUT2D eigenvalue weighted by Crippen LogP contribution is -2.42. The van der Waals surface area contributed by atoms with Crippen LogP contribution in [0.5, 0.6) is 0 Å². The number of rotatable bonds is 4. The molecule has 1 amide bonds. The monoisotopic (exact) mass is 351 g/mol. The van der Waals surface area contributed by atoms with Crippen LogP contribution in [0.3, 0.4) is 0 Å². The highest BCUT2D eigenvalue weighted by molar-refractivity contribution is 8.02. The molecule has 0 radical (unpaired) electrons. The van der Waals surface area contributed by atoms with Crippen molar-refractivity contribution in [3.63, 3.8) is 0 Å². The summed E-state index contributed by atoms with van der Waals surface area (Å²) >= 11 is 4.86. The molecule has 2 aliphatic rings. The van der Waals surface area contributed by atoms with Gasteiger partial charge in [-0.3, -0.25) is 4.79 Å². The summed E-state index contributed by atoms with van der Waals surface area (Å²) in [5, 5.41) is 6.75. The van der Waals surface area contributed by atoms with E-state index in [1.54, 1.807) is 34.4 Å². The van der Waals surface area contributed by atoms with E-state index in [0.29, 0.717) is 18.1 Å². The van der Waals surface area contributed by atoms with Crippen molar-refractivity contribution in [1.82, 2.24) is 15.6 Å². The number of nitrogens with zero attached hydrogens (tertiary/aromatic N) is 1. The molecule has 0 saturated carbocycles. The van der Waals surface area contributed by atoms with Crippen molar-refractivity contribution in [1.29, 1.82) is 0 Å². The molecule has 2 aliphatic heterocycles. The highest BCUT2D eigenvalue weighted by Crippen LogP contribution is 2.35. The van der Waals surface area contributed by atoms with E-state index in [9.17, 15) is 4.79 Å².